The summed E-state index contributed by atoms with van der Waals surface area (Å²) in [4.78, 5) is 16.9. The van der Waals surface area contributed by atoms with Gasteiger partial charge in [0.15, 0.2) is 0 Å². The summed E-state index contributed by atoms with van der Waals surface area (Å²) < 4.78 is 9.64. The zero-order valence-electron chi connectivity index (χ0n) is 21.6. The van der Waals surface area contributed by atoms with Crippen LogP contribution in [0.4, 0.5) is 4.79 Å². The molecule has 1 aliphatic rings. The third-order valence-electron chi connectivity index (χ3n) is 6.73. The molecule has 2 amide bonds. The van der Waals surface area contributed by atoms with Crippen LogP contribution in [-0.4, -0.2) is 51.3 Å². The van der Waals surface area contributed by atoms with Gasteiger partial charge in [0.05, 0.1) is 29.7 Å². The molecule has 2 aromatic heterocycles. The highest BCUT2D eigenvalue weighted by molar-refractivity contribution is 7.98. The minimum absolute atomic E-state index is 0.0945. The van der Waals surface area contributed by atoms with Gasteiger partial charge in [-0.2, -0.15) is 5.10 Å². The number of fused-ring (bicyclic) bond motifs is 3. The van der Waals surface area contributed by atoms with E-state index < -0.39 is 0 Å². The monoisotopic (exact) mass is 515 g/mol. The van der Waals surface area contributed by atoms with Crippen LogP contribution in [0.3, 0.4) is 0 Å². The Labute approximate surface area is 222 Å². The Balaban J connectivity index is 1.60. The minimum Gasteiger partial charge on any atom is -0.382 e. The molecule has 1 N–H and O–H groups in total. The number of nitrogens with zero attached hydrogens (tertiary/aromatic N) is 4. The zero-order valence-corrected chi connectivity index (χ0v) is 22.4. The maximum atomic E-state index is 13.8. The first-order valence-corrected chi connectivity index (χ1v) is 13.9. The second-order valence-electron chi connectivity index (χ2n) is 9.02. The van der Waals surface area contributed by atoms with Crippen LogP contribution in [0.25, 0.3) is 11.5 Å². The van der Waals surface area contributed by atoms with Gasteiger partial charge in [0.1, 0.15) is 5.82 Å². The number of aryl methyl sites for hydroxylation is 1. The van der Waals surface area contributed by atoms with Crippen LogP contribution < -0.4 is 5.32 Å². The molecule has 8 heteroatoms. The van der Waals surface area contributed by atoms with Crippen molar-refractivity contribution in [3.05, 3.63) is 95.4 Å². The van der Waals surface area contributed by atoms with E-state index in [4.69, 9.17) is 9.84 Å². The number of para-hydroxylation sites is 1. The molecule has 0 radical (unpaired) electrons. The van der Waals surface area contributed by atoms with Crippen molar-refractivity contribution in [2.45, 2.75) is 37.8 Å². The lowest BCUT2D eigenvalue weighted by Crippen LogP contribution is -2.42. The SMILES string of the molecule is CCOCCCNC(=O)N1Cc2c(C)nn(-c3ccccc3)c2-n2cccc2[C@@H]1c1ccc(SC)cc1. The van der Waals surface area contributed by atoms with E-state index in [-0.39, 0.29) is 12.1 Å². The summed E-state index contributed by atoms with van der Waals surface area (Å²) in [5.41, 5.74) is 5.03. The number of ether oxygens (including phenoxy) is 1. The first-order chi connectivity index (χ1) is 18.1. The topological polar surface area (TPSA) is 64.3 Å². The smallest absolute Gasteiger partial charge is 0.318 e. The Hall–Kier alpha value is -3.49. The van der Waals surface area contributed by atoms with Crippen molar-refractivity contribution in [3.8, 4) is 11.5 Å². The lowest BCUT2D eigenvalue weighted by molar-refractivity contribution is 0.143. The number of aromatic nitrogens is 3. The average Bonchev–Trinajstić information content (AvgIpc) is 3.49. The zero-order chi connectivity index (χ0) is 25.8. The maximum absolute atomic E-state index is 13.8. The molecular weight excluding hydrogens is 482 g/mol. The first-order valence-electron chi connectivity index (χ1n) is 12.7. The summed E-state index contributed by atoms with van der Waals surface area (Å²) in [6.45, 7) is 6.32. The van der Waals surface area contributed by atoms with Gasteiger partial charge in [0.25, 0.3) is 0 Å². The summed E-state index contributed by atoms with van der Waals surface area (Å²) in [7, 11) is 0. The van der Waals surface area contributed by atoms with E-state index in [1.165, 1.54) is 4.90 Å². The fraction of sp³-hybridized carbons (Fsp3) is 0.310. The molecule has 5 rings (SSSR count). The van der Waals surface area contributed by atoms with Crippen LogP contribution in [0.2, 0.25) is 0 Å². The number of benzene rings is 2. The molecular formula is C29H33N5O2S. The molecule has 37 heavy (non-hydrogen) atoms. The molecule has 0 fully saturated rings. The largest absolute Gasteiger partial charge is 0.382 e. The second-order valence-corrected chi connectivity index (χ2v) is 9.90. The van der Waals surface area contributed by atoms with Crippen LogP contribution in [0.15, 0.2) is 77.8 Å². The van der Waals surface area contributed by atoms with E-state index >= 15 is 0 Å². The van der Waals surface area contributed by atoms with Gasteiger partial charge in [-0.1, -0.05) is 30.3 Å². The highest BCUT2D eigenvalue weighted by atomic mass is 32.2. The van der Waals surface area contributed by atoms with Gasteiger partial charge in [-0.05, 0) is 68.5 Å². The predicted octanol–water partition coefficient (Wildman–Crippen LogP) is 5.73. The van der Waals surface area contributed by atoms with Crippen molar-refractivity contribution < 1.29 is 9.53 Å². The Morgan fingerprint density at radius 1 is 1.11 bits per heavy atom. The third kappa shape index (κ3) is 5.04. The van der Waals surface area contributed by atoms with Crippen LogP contribution in [0, 0.1) is 6.92 Å². The van der Waals surface area contributed by atoms with Crippen molar-refractivity contribution in [2.24, 2.45) is 0 Å². The van der Waals surface area contributed by atoms with Gasteiger partial charge >= 0.3 is 6.03 Å². The number of carbonyl (C=O) groups excluding carboxylic acids is 1. The number of hydrogen-bond acceptors (Lipinski definition) is 4. The van der Waals surface area contributed by atoms with E-state index in [1.54, 1.807) is 11.8 Å². The minimum atomic E-state index is -0.256. The normalized spacial score (nSPS) is 14.7. The number of carbonyl (C=O) groups is 1. The Morgan fingerprint density at radius 2 is 1.89 bits per heavy atom. The van der Waals surface area contributed by atoms with Gasteiger partial charge < -0.3 is 19.5 Å². The van der Waals surface area contributed by atoms with Gasteiger partial charge in [-0.3, -0.25) is 0 Å². The van der Waals surface area contributed by atoms with E-state index in [0.717, 1.165) is 40.4 Å². The molecule has 0 spiro atoms. The van der Waals surface area contributed by atoms with Crippen LogP contribution in [0.5, 0.6) is 0 Å². The maximum Gasteiger partial charge on any atom is 0.318 e. The van der Waals surface area contributed by atoms with E-state index in [2.05, 4.69) is 64.8 Å². The van der Waals surface area contributed by atoms with Crippen molar-refractivity contribution in [1.29, 1.82) is 0 Å². The van der Waals surface area contributed by atoms with Crippen molar-refractivity contribution in [3.63, 3.8) is 0 Å². The number of urea groups is 1. The molecule has 2 aromatic carbocycles. The fourth-order valence-electron chi connectivity index (χ4n) is 4.90. The molecule has 192 valence electrons. The Kier molecular flexibility index (Phi) is 7.67. The fourth-order valence-corrected chi connectivity index (χ4v) is 5.31. The van der Waals surface area contributed by atoms with Crippen LogP contribution in [-0.2, 0) is 11.3 Å². The molecule has 4 aromatic rings. The quantitative estimate of drug-likeness (QED) is 0.240. The Morgan fingerprint density at radius 3 is 2.62 bits per heavy atom. The average molecular weight is 516 g/mol. The summed E-state index contributed by atoms with van der Waals surface area (Å²) in [6, 6.07) is 22.5. The lowest BCUT2D eigenvalue weighted by Gasteiger charge is -2.31. The number of rotatable bonds is 8. The number of amides is 2. The molecule has 0 bridgehead atoms. The van der Waals surface area contributed by atoms with Crippen molar-refractivity contribution >= 4 is 17.8 Å². The van der Waals surface area contributed by atoms with Crippen molar-refractivity contribution in [2.75, 3.05) is 26.0 Å². The molecule has 0 saturated carbocycles. The number of nitrogens with one attached hydrogen (secondary N) is 1. The molecule has 1 atom stereocenters. The van der Waals surface area contributed by atoms with E-state index in [0.29, 0.717) is 26.3 Å². The van der Waals surface area contributed by atoms with Gasteiger partial charge in [0, 0.05) is 36.4 Å². The third-order valence-corrected chi connectivity index (χ3v) is 7.47. The summed E-state index contributed by atoms with van der Waals surface area (Å²) in [6.07, 6.45) is 4.91. The molecule has 0 aliphatic carbocycles. The summed E-state index contributed by atoms with van der Waals surface area (Å²) >= 11 is 1.71. The van der Waals surface area contributed by atoms with E-state index in [1.807, 2.05) is 47.7 Å². The standard InChI is InChI=1S/C29H33N5O2S/c1-4-36-19-9-17-30-29(35)33-20-25-21(2)31-34(23-10-6-5-7-11-23)28(25)32-18-8-12-26(32)27(33)22-13-15-24(37-3)16-14-22/h5-8,10-16,18,27H,4,9,17,19-20H2,1-3H3,(H,30,35)/t27-/m0/s1. The molecule has 0 saturated heterocycles. The van der Waals surface area contributed by atoms with Gasteiger partial charge in [-0.25, -0.2) is 9.48 Å². The highest BCUT2D eigenvalue weighted by Gasteiger charge is 2.35. The molecule has 1 aliphatic heterocycles. The number of hydrogen-bond donors (Lipinski definition) is 1. The summed E-state index contributed by atoms with van der Waals surface area (Å²) in [5.74, 6) is 0.973. The molecule has 7 nitrogen and oxygen atoms in total. The van der Waals surface area contributed by atoms with Crippen molar-refractivity contribution in [1.82, 2.24) is 24.6 Å². The first kappa shape index (κ1) is 25.2. The predicted molar refractivity (Wildman–Crippen MR) is 148 cm³/mol. The van der Waals surface area contributed by atoms with Crippen LogP contribution in [0.1, 0.15) is 41.9 Å². The summed E-state index contributed by atoms with van der Waals surface area (Å²) in [5, 5.41) is 8.05. The number of thioether (sulfide) groups is 1. The van der Waals surface area contributed by atoms with Crippen LogP contribution >= 0.6 is 11.8 Å². The van der Waals surface area contributed by atoms with Gasteiger partial charge in [-0.15, -0.1) is 11.8 Å². The lowest BCUT2D eigenvalue weighted by atomic mass is 10.0. The highest BCUT2D eigenvalue weighted by Crippen LogP contribution is 2.38. The molecule has 0 unspecified atom stereocenters. The second kappa shape index (κ2) is 11.3. The Bertz CT molecular complexity index is 1350. The van der Waals surface area contributed by atoms with Gasteiger partial charge in [0.2, 0.25) is 0 Å². The molecule has 3 heterocycles. The van der Waals surface area contributed by atoms with E-state index in [9.17, 15) is 4.79 Å².